The maximum absolute atomic E-state index is 9.45. The number of aliphatic hydroxyl groups is 2. The average Bonchev–Trinajstić information content (AvgIpc) is 2.69. The number of anilines is 1. The van der Waals surface area contributed by atoms with Gasteiger partial charge in [-0.15, -0.1) is 0 Å². The Kier molecular flexibility index (Phi) is 3.64. The Morgan fingerprint density at radius 3 is 2.82 bits per heavy atom. The number of nitrogens with zero attached hydrogens (tertiary/aromatic N) is 2. The van der Waals surface area contributed by atoms with Crippen LogP contribution in [0.15, 0.2) is 12.1 Å². The number of rotatable bonds is 3. The van der Waals surface area contributed by atoms with Crippen LogP contribution in [0.1, 0.15) is 24.6 Å². The van der Waals surface area contributed by atoms with Gasteiger partial charge in [-0.2, -0.15) is 0 Å². The van der Waals surface area contributed by atoms with Gasteiger partial charge in [-0.1, -0.05) is 6.92 Å². The normalized spacial score (nSPS) is 24.4. The molecule has 0 aliphatic carbocycles. The lowest BCUT2D eigenvalue weighted by Crippen LogP contribution is -2.35. The Bertz CT molecular complexity index is 395. The summed E-state index contributed by atoms with van der Waals surface area (Å²) in [5, 5.41) is 18.7. The average molecular weight is 236 g/mol. The number of hydrogen-bond donors (Lipinski definition) is 2. The molecule has 1 fully saturated rings. The van der Waals surface area contributed by atoms with Gasteiger partial charge in [-0.05, 0) is 37.0 Å². The number of pyridine rings is 1. The molecule has 2 heterocycles. The van der Waals surface area contributed by atoms with Gasteiger partial charge in [0.2, 0.25) is 0 Å². The summed E-state index contributed by atoms with van der Waals surface area (Å²) in [6.07, 6.45) is 1.08. The van der Waals surface area contributed by atoms with E-state index in [1.807, 2.05) is 19.1 Å². The molecule has 0 saturated carbocycles. The molecule has 1 saturated heterocycles. The highest BCUT2D eigenvalue weighted by Crippen LogP contribution is 2.28. The Morgan fingerprint density at radius 2 is 2.18 bits per heavy atom. The Morgan fingerprint density at radius 1 is 1.41 bits per heavy atom. The maximum atomic E-state index is 9.45. The van der Waals surface area contributed by atoms with E-state index in [1.54, 1.807) is 0 Å². The Hall–Kier alpha value is -1.13. The summed E-state index contributed by atoms with van der Waals surface area (Å²) >= 11 is 0. The van der Waals surface area contributed by atoms with Crippen molar-refractivity contribution in [2.75, 3.05) is 18.1 Å². The fraction of sp³-hybridized carbons (Fsp3) is 0.615. The molecule has 0 radical (unpaired) electrons. The fourth-order valence-electron chi connectivity index (χ4n) is 2.53. The molecular formula is C13H20N2O2. The second-order valence-corrected chi connectivity index (χ2v) is 4.84. The van der Waals surface area contributed by atoms with Crippen LogP contribution in [0, 0.1) is 12.8 Å². The van der Waals surface area contributed by atoms with E-state index in [9.17, 15) is 10.2 Å². The lowest BCUT2D eigenvalue weighted by Gasteiger charge is -2.26. The predicted octanol–water partition coefficient (Wildman–Crippen LogP) is 1.09. The molecule has 94 valence electrons. The molecule has 2 N–H and O–H groups in total. The first-order chi connectivity index (χ1) is 8.15. The molecule has 4 heteroatoms. The van der Waals surface area contributed by atoms with Gasteiger partial charge in [0, 0.05) is 12.2 Å². The Balaban J connectivity index is 2.30. The highest BCUT2D eigenvalue weighted by molar-refractivity contribution is 5.45. The molecule has 1 aromatic heterocycles. The van der Waals surface area contributed by atoms with Crippen LogP contribution in [0.4, 0.5) is 5.82 Å². The minimum absolute atomic E-state index is 0.0313. The lowest BCUT2D eigenvalue weighted by atomic mass is 10.0. The summed E-state index contributed by atoms with van der Waals surface area (Å²) < 4.78 is 0. The minimum atomic E-state index is 0.0313. The molecule has 1 aromatic rings. The number of hydrogen-bond acceptors (Lipinski definition) is 4. The van der Waals surface area contributed by atoms with Gasteiger partial charge in [0.25, 0.3) is 0 Å². The first kappa shape index (κ1) is 12.3. The minimum Gasteiger partial charge on any atom is -0.394 e. The van der Waals surface area contributed by atoms with Crippen molar-refractivity contribution in [1.29, 1.82) is 0 Å². The van der Waals surface area contributed by atoms with E-state index in [0.29, 0.717) is 5.92 Å². The monoisotopic (exact) mass is 236 g/mol. The van der Waals surface area contributed by atoms with Crippen molar-refractivity contribution in [3.8, 4) is 0 Å². The quantitative estimate of drug-likeness (QED) is 0.825. The van der Waals surface area contributed by atoms with E-state index < -0.39 is 0 Å². The van der Waals surface area contributed by atoms with Crippen LogP contribution in [0.25, 0.3) is 0 Å². The summed E-state index contributed by atoms with van der Waals surface area (Å²) in [4.78, 5) is 6.65. The van der Waals surface area contributed by atoms with Crippen molar-refractivity contribution < 1.29 is 10.2 Å². The zero-order valence-electron chi connectivity index (χ0n) is 10.4. The summed E-state index contributed by atoms with van der Waals surface area (Å²) in [5.41, 5.74) is 1.78. The molecular weight excluding hydrogens is 216 g/mol. The van der Waals surface area contributed by atoms with E-state index in [4.69, 9.17) is 0 Å². The van der Waals surface area contributed by atoms with E-state index >= 15 is 0 Å². The van der Waals surface area contributed by atoms with Crippen LogP contribution in [0.3, 0.4) is 0 Å². The zero-order valence-corrected chi connectivity index (χ0v) is 10.4. The van der Waals surface area contributed by atoms with Crippen LogP contribution >= 0.6 is 0 Å². The van der Waals surface area contributed by atoms with Crippen LogP contribution < -0.4 is 4.90 Å². The maximum Gasteiger partial charge on any atom is 0.129 e. The summed E-state index contributed by atoms with van der Waals surface area (Å²) in [7, 11) is 0. The van der Waals surface area contributed by atoms with Gasteiger partial charge in [0.05, 0.1) is 19.3 Å². The molecule has 2 unspecified atom stereocenters. The zero-order chi connectivity index (χ0) is 12.4. The third-order valence-corrected chi connectivity index (χ3v) is 3.55. The smallest absolute Gasteiger partial charge is 0.129 e. The van der Waals surface area contributed by atoms with E-state index in [0.717, 1.165) is 30.0 Å². The van der Waals surface area contributed by atoms with Crippen molar-refractivity contribution in [3.05, 3.63) is 23.4 Å². The van der Waals surface area contributed by atoms with Gasteiger partial charge in [0.1, 0.15) is 5.82 Å². The predicted molar refractivity (Wildman–Crippen MR) is 66.9 cm³/mol. The van der Waals surface area contributed by atoms with Crippen molar-refractivity contribution in [3.63, 3.8) is 0 Å². The highest BCUT2D eigenvalue weighted by atomic mass is 16.3. The Labute approximate surface area is 102 Å². The third-order valence-electron chi connectivity index (χ3n) is 3.55. The fourth-order valence-corrected chi connectivity index (χ4v) is 2.53. The molecule has 0 amide bonds. The molecule has 0 aromatic carbocycles. The van der Waals surface area contributed by atoms with Crippen molar-refractivity contribution in [2.24, 2.45) is 5.92 Å². The molecule has 0 bridgehead atoms. The van der Waals surface area contributed by atoms with Crippen molar-refractivity contribution >= 4 is 5.82 Å². The summed E-state index contributed by atoms with van der Waals surface area (Å²) in [6, 6.07) is 3.95. The van der Waals surface area contributed by atoms with Gasteiger partial charge >= 0.3 is 0 Å². The van der Waals surface area contributed by atoms with Crippen LogP contribution in [-0.2, 0) is 6.61 Å². The summed E-state index contributed by atoms with van der Waals surface area (Å²) in [6.45, 7) is 5.20. The van der Waals surface area contributed by atoms with Gasteiger partial charge in [-0.3, -0.25) is 0 Å². The van der Waals surface area contributed by atoms with Crippen LogP contribution in [0.2, 0.25) is 0 Å². The van der Waals surface area contributed by atoms with Crippen LogP contribution in [0.5, 0.6) is 0 Å². The molecule has 0 spiro atoms. The molecule has 4 nitrogen and oxygen atoms in total. The van der Waals surface area contributed by atoms with Gasteiger partial charge < -0.3 is 15.1 Å². The number of aliphatic hydroxyl groups excluding tert-OH is 2. The topological polar surface area (TPSA) is 56.6 Å². The first-order valence-electron chi connectivity index (χ1n) is 6.11. The van der Waals surface area contributed by atoms with Crippen LogP contribution in [-0.4, -0.2) is 34.4 Å². The second-order valence-electron chi connectivity index (χ2n) is 4.84. The van der Waals surface area contributed by atoms with Gasteiger partial charge in [-0.25, -0.2) is 4.98 Å². The molecule has 2 atom stereocenters. The number of aryl methyl sites for hydroxylation is 1. The third kappa shape index (κ3) is 2.42. The largest absolute Gasteiger partial charge is 0.394 e. The summed E-state index contributed by atoms with van der Waals surface area (Å²) in [5.74, 6) is 1.36. The lowest BCUT2D eigenvalue weighted by molar-refractivity contribution is 0.244. The van der Waals surface area contributed by atoms with E-state index in [2.05, 4.69) is 16.8 Å². The van der Waals surface area contributed by atoms with E-state index in [1.165, 1.54) is 0 Å². The van der Waals surface area contributed by atoms with Gasteiger partial charge in [0.15, 0.2) is 0 Å². The molecule has 1 aliphatic heterocycles. The molecule has 1 aliphatic rings. The number of aromatic nitrogens is 1. The SMILES string of the molecule is Cc1cc(CO)cc(N2CCC(C)C2CO)n1. The second kappa shape index (κ2) is 5.02. The van der Waals surface area contributed by atoms with Crippen molar-refractivity contribution in [1.82, 2.24) is 4.98 Å². The van der Waals surface area contributed by atoms with Crippen molar-refractivity contribution in [2.45, 2.75) is 32.9 Å². The van der Waals surface area contributed by atoms with E-state index in [-0.39, 0.29) is 19.3 Å². The first-order valence-corrected chi connectivity index (χ1v) is 6.11. The standard InChI is InChI=1S/C13H20N2O2/c1-9-3-4-15(12(9)8-17)13-6-11(7-16)5-10(2)14-13/h5-6,9,12,16-17H,3-4,7-8H2,1-2H3. The molecule has 2 rings (SSSR count). The highest BCUT2D eigenvalue weighted by Gasteiger charge is 2.31. The molecule has 17 heavy (non-hydrogen) atoms.